The zero-order valence-corrected chi connectivity index (χ0v) is 12.4. The molecule has 0 aromatic heterocycles. The summed E-state index contributed by atoms with van der Waals surface area (Å²) in [7, 11) is 0. The Hall–Kier alpha value is -1.70. The summed E-state index contributed by atoms with van der Waals surface area (Å²) in [6.45, 7) is 2.43. The molecule has 7 heteroatoms. The van der Waals surface area contributed by atoms with E-state index in [9.17, 15) is 20.3 Å². The molecule has 1 aliphatic heterocycles. The van der Waals surface area contributed by atoms with Crippen molar-refractivity contribution in [2.24, 2.45) is 5.92 Å². The van der Waals surface area contributed by atoms with Crippen LogP contribution in [0.15, 0.2) is 24.3 Å². The molecular formula is C15H22N2O5. The van der Waals surface area contributed by atoms with Gasteiger partial charge in [-0.3, -0.25) is 10.1 Å². The molecule has 0 spiro atoms. The van der Waals surface area contributed by atoms with Gasteiger partial charge in [-0.25, -0.2) is 0 Å². The summed E-state index contributed by atoms with van der Waals surface area (Å²) < 4.78 is 5.42. The summed E-state index contributed by atoms with van der Waals surface area (Å²) in [5, 5.41) is 29.9. The Morgan fingerprint density at radius 1 is 1.50 bits per heavy atom. The minimum absolute atomic E-state index is 0.0335. The predicted molar refractivity (Wildman–Crippen MR) is 80.8 cm³/mol. The van der Waals surface area contributed by atoms with Crippen LogP contribution < -0.4 is 4.74 Å². The van der Waals surface area contributed by atoms with Gasteiger partial charge in [-0.15, -0.1) is 0 Å². The van der Waals surface area contributed by atoms with Gasteiger partial charge in [0.2, 0.25) is 0 Å². The van der Waals surface area contributed by atoms with Crippen molar-refractivity contribution in [3.8, 4) is 5.75 Å². The highest BCUT2D eigenvalue weighted by atomic mass is 16.6. The Bertz CT molecular complexity index is 497. The van der Waals surface area contributed by atoms with Gasteiger partial charge in [0.25, 0.3) is 5.69 Å². The number of nitro benzene ring substituents is 1. The summed E-state index contributed by atoms with van der Waals surface area (Å²) in [5.74, 6) is 0.652. The molecule has 2 rings (SSSR count). The average molecular weight is 310 g/mol. The van der Waals surface area contributed by atoms with Crippen molar-refractivity contribution in [2.75, 3.05) is 32.8 Å². The maximum atomic E-state index is 10.7. The first-order chi connectivity index (χ1) is 10.6. The second-order valence-electron chi connectivity index (χ2n) is 5.67. The van der Waals surface area contributed by atoms with Crippen LogP contribution in [0.25, 0.3) is 0 Å². The first-order valence-electron chi connectivity index (χ1n) is 7.47. The largest absolute Gasteiger partial charge is 0.491 e. The number of hydrogen-bond acceptors (Lipinski definition) is 6. The molecule has 1 heterocycles. The van der Waals surface area contributed by atoms with Crippen molar-refractivity contribution >= 4 is 5.69 Å². The lowest BCUT2D eigenvalue weighted by Gasteiger charge is -2.32. The third-order valence-corrected chi connectivity index (χ3v) is 3.80. The molecule has 0 unspecified atom stereocenters. The maximum absolute atomic E-state index is 10.7. The third-order valence-electron chi connectivity index (χ3n) is 3.80. The number of nitrogens with zero attached hydrogens (tertiary/aromatic N) is 2. The second-order valence-corrected chi connectivity index (χ2v) is 5.67. The van der Waals surface area contributed by atoms with Crippen molar-refractivity contribution in [2.45, 2.75) is 18.9 Å². The Balaban J connectivity index is 1.78. The molecule has 122 valence electrons. The Labute approximate surface area is 129 Å². The monoisotopic (exact) mass is 310 g/mol. The van der Waals surface area contributed by atoms with E-state index in [2.05, 4.69) is 4.90 Å². The molecule has 1 fully saturated rings. The number of hydrogen-bond donors (Lipinski definition) is 2. The number of non-ortho nitro benzene ring substituents is 1. The van der Waals surface area contributed by atoms with E-state index >= 15 is 0 Å². The Morgan fingerprint density at radius 3 is 3.05 bits per heavy atom. The fourth-order valence-electron chi connectivity index (χ4n) is 2.70. The van der Waals surface area contributed by atoms with Crippen LogP contribution in [0.5, 0.6) is 5.75 Å². The number of piperidine rings is 1. The second kappa shape index (κ2) is 8.07. The van der Waals surface area contributed by atoms with Crippen LogP contribution in [0.4, 0.5) is 5.69 Å². The lowest BCUT2D eigenvalue weighted by Crippen LogP contribution is -2.42. The molecule has 2 atom stereocenters. The van der Waals surface area contributed by atoms with Gasteiger partial charge in [0, 0.05) is 25.8 Å². The lowest BCUT2D eigenvalue weighted by atomic mass is 9.99. The number of rotatable bonds is 7. The van der Waals surface area contributed by atoms with E-state index in [0.717, 1.165) is 25.9 Å². The minimum atomic E-state index is -0.670. The molecule has 0 radical (unpaired) electrons. The van der Waals surface area contributed by atoms with Crippen LogP contribution in [-0.4, -0.2) is 59.0 Å². The average Bonchev–Trinajstić information content (AvgIpc) is 2.53. The molecule has 1 aromatic rings. The first kappa shape index (κ1) is 16.7. The number of nitro groups is 1. The summed E-state index contributed by atoms with van der Waals surface area (Å²) >= 11 is 0. The number of likely N-dealkylation sites (tertiary alicyclic amines) is 1. The van der Waals surface area contributed by atoms with E-state index in [0.29, 0.717) is 12.3 Å². The van der Waals surface area contributed by atoms with Crippen LogP contribution in [0.2, 0.25) is 0 Å². The molecule has 7 nitrogen and oxygen atoms in total. The molecule has 1 saturated heterocycles. The summed E-state index contributed by atoms with van der Waals surface area (Å²) in [6.07, 6.45) is 1.37. The molecule has 22 heavy (non-hydrogen) atoms. The maximum Gasteiger partial charge on any atom is 0.273 e. The molecule has 1 aliphatic rings. The topological polar surface area (TPSA) is 96.1 Å². The lowest BCUT2D eigenvalue weighted by molar-refractivity contribution is -0.384. The zero-order valence-electron chi connectivity index (χ0n) is 12.4. The van der Waals surface area contributed by atoms with Gasteiger partial charge in [0.05, 0.1) is 11.0 Å². The predicted octanol–water partition coefficient (Wildman–Crippen LogP) is 1.04. The molecule has 0 bridgehead atoms. The zero-order chi connectivity index (χ0) is 15.9. The fraction of sp³-hybridized carbons (Fsp3) is 0.600. The van der Waals surface area contributed by atoms with E-state index < -0.39 is 11.0 Å². The molecule has 0 aliphatic carbocycles. The molecule has 0 saturated carbocycles. The van der Waals surface area contributed by atoms with Crippen molar-refractivity contribution in [3.05, 3.63) is 34.4 Å². The Morgan fingerprint density at radius 2 is 2.32 bits per heavy atom. The summed E-state index contributed by atoms with van der Waals surface area (Å²) in [6, 6.07) is 5.92. The van der Waals surface area contributed by atoms with Gasteiger partial charge < -0.3 is 19.8 Å². The SMILES string of the molecule is O=[N+]([O-])c1cccc(OC[C@@H](O)CN2CCC[C@@H](CO)C2)c1. The fourth-order valence-corrected chi connectivity index (χ4v) is 2.70. The van der Waals surface area contributed by atoms with Crippen LogP contribution in [0, 0.1) is 16.0 Å². The van der Waals surface area contributed by atoms with E-state index in [4.69, 9.17) is 4.74 Å². The van der Waals surface area contributed by atoms with Crippen molar-refractivity contribution in [1.29, 1.82) is 0 Å². The number of benzene rings is 1. The Kier molecular flexibility index (Phi) is 6.11. The van der Waals surface area contributed by atoms with Gasteiger partial charge in [0.1, 0.15) is 18.5 Å². The van der Waals surface area contributed by atoms with E-state index in [1.54, 1.807) is 12.1 Å². The number of ether oxygens (including phenoxy) is 1. The molecule has 2 N–H and O–H groups in total. The van der Waals surface area contributed by atoms with E-state index in [1.807, 2.05) is 0 Å². The van der Waals surface area contributed by atoms with Gasteiger partial charge in [-0.1, -0.05) is 6.07 Å². The molecule has 0 amide bonds. The van der Waals surface area contributed by atoms with Crippen LogP contribution in [0.1, 0.15) is 12.8 Å². The standard InChI is InChI=1S/C15H22N2O5/c18-10-12-3-2-6-16(8-12)9-14(19)11-22-15-5-1-4-13(7-15)17(20)21/h1,4-5,7,12,14,18-19H,2-3,6,8-11H2/t12-,14+/m1/s1. The van der Waals surface area contributed by atoms with Gasteiger partial charge in [0.15, 0.2) is 0 Å². The summed E-state index contributed by atoms with van der Waals surface area (Å²) in [4.78, 5) is 12.3. The van der Waals surface area contributed by atoms with Gasteiger partial charge >= 0.3 is 0 Å². The van der Waals surface area contributed by atoms with E-state index in [1.165, 1.54) is 12.1 Å². The van der Waals surface area contributed by atoms with Crippen molar-refractivity contribution < 1.29 is 19.9 Å². The van der Waals surface area contributed by atoms with Crippen LogP contribution >= 0.6 is 0 Å². The molecular weight excluding hydrogens is 288 g/mol. The van der Waals surface area contributed by atoms with Crippen LogP contribution in [0.3, 0.4) is 0 Å². The third kappa shape index (κ3) is 4.94. The number of aliphatic hydroxyl groups excluding tert-OH is 2. The first-order valence-corrected chi connectivity index (χ1v) is 7.47. The highest BCUT2D eigenvalue weighted by Gasteiger charge is 2.21. The van der Waals surface area contributed by atoms with Crippen molar-refractivity contribution in [3.63, 3.8) is 0 Å². The van der Waals surface area contributed by atoms with Gasteiger partial charge in [-0.2, -0.15) is 0 Å². The number of aliphatic hydroxyl groups is 2. The normalized spacial score (nSPS) is 20.5. The quantitative estimate of drug-likeness (QED) is 0.577. The highest BCUT2D eigenvalue weighted by Crippen LogP contribution is 2.20. The van der Waals surface area contributed by atoms with E-state index in [-0.39, 0.29) is 24.8 Å². The number of β-amino-alcohol motifs (C(OH)–C–C–N with tert-alkyl or cyclic N) is 1. The smallest absolute Gasteiger partial charge is 0.273 e. The van der Waals surface area contributed by atoms with Gasteiger partial charge in [-0.05, 0) is 31.4 Å². The highest BCUT2D eigenvalue weighted by molar-refractivity contribution is 5.37. The molecule has 1 aromatic carbocycles. The minimum Gasteiger partial charge on any atom is -0.491 e. The summed E-state index contributed by atoms with van der Waals surface area (Å²) in [5.41, 5.74) is -0.0335. The van der Waals surface area contributed by atoms with Crippen LogP contribution in [-0.2, 0) is 0 Å². The van der Waals surface area contributed by atoms with Crippen molar-refractivity contribution in [1.82, 2.24) is 4.90 Å².